The summed E-state index contributed by atoms with van der Waals surface area (Å²) in [5.41, 5.74) is 1.27. The molecule has 8 heteroatoms. The topological polar surface area (TPSA) is 65.2 Å². The van der Waals surface area contributed by atoms with Crippen molar-refractivity contribution in [1.29, 1.82) is 0 Å². The molecule has 0 N–H and O–H groups in total. The average Bonchev–Trinajstić information content (AvgIpc) is 3.15. The Morgan fingerprint density at radius 2 is 2.09 bits per heavy atom. The van der Waals surface area contributed by atoms with Gasteiger partial charge in [-0.25, -0.2) is 4.79 Å². The molecule has 0 atom stereocenters. The van der Waals surface area contributed by atoms with Crippen molar-refractivity contribution in [3.05, 3.63) is 55.1 Å². The molecule has 5 nitrogen and oxygen atoms in total. The molecule has 0 unspecified atom stereocenters. The van der Waals surface area contributed by atoms with E-state index in [1.807, 2.05) is 0 Å². The fourth-order valence-corrected chi connectivity index (χ4v) is 3.09. The van der Waals surface area contributed by atoms with E-state index in [2.05, 4.69) is 32.8 Å². The summed E-state index contributed by atoms with van der Waals surface area (Å²) in [6, 6.07) is 8.79. The summed E-state index contributed by atoms with van der Waals surface area (Å²) in [7, 11) is 0. The third-order valence-electron chi connectivity index (χ3n) is 2.69. The second-order valence-corrected chi connectivity index (χ2v) is 7.47. The predicted molar refractivity (Wildman–Crippen MR) is 90.9 cm³/mol. The molecule has 0 radical (unpaired) electrons. The molecule has 0 bridgehead atoms. The van der Waals surface area contributed by atoms with Crippen LogP contribution in [0.2, 0.25) is 5.02 Å². The van der Waals surface area contributed by atoms with Crippen LogP contribution in [0.4, 0.5) is 0 Å². The summed E-state index contributed by atoms with van der Waals surface area (Å²) in [4.78, 5) is 11.8. The lowest BCUT2D eigenvalue weighted by Crippen LogP contribution is -2.04. The Morgan fingerprint density at radius 3 is 2.77 bits per heavy atom. The van der Waals surface area contributed by atoms with Crippen molar-refractivity contribution in [1.82, 2.24) is 10.2 Å². The molecule has 22 heavy (non-hydrogen) atoms. The Hall–Kier alpha value is -1.45. The molecule has 0 aliphatic carbocycles. The van der Waals surface area contributed by atoms with Crippen LogP contribution >= 0.6 is 45.5 Å². The lowest BCUT2D eigenvalue weighted by molar-refractivity contribution is 0.0439. The van der Waals surface area contributed by atoms with Gasteiger partial charge in [0.05, 0.1) is 8.45 Å². The van der Waals surface area contributed by atoms with Gasteiger partial charge in [0.1, 0.15) is 0 Å². The molecule has 1 aromatic carbocycles. The Morgan fingerprint density at radius 1 is 1.32 bits per heavy atom. The van der Waals surface area contributed by atoms with Crippen LogP contribution in [0.5, 0.6) is 0 Å². The van der Waals surface area contributed by atoms with Crippen LogP contribution in [-0.2, 0) is 11.3 Å². The van der Waals surface area contributed by atoms with Gasteiger partial charge in [0, 0.05) is 16.0 Å². The molecule has 0 amide bonds. The largest absolute Gasteiger partial charge is 0.452 e. The molecule has 3 aromatic rings. The zero-order valence-electron chi connectivity index (χ0n) is 11.0. The average molecular weight is 447 g/mol. The van der Waals surface area contributed by atoms with E-state index in [4.69, 9.17) is 20.8 Å². The number of aromatic nitrogens is 2. The van der Waals surface area contributed by atoms with E-state index in [1.54, 1.807) is 35.7 Å². The zero-order chi connectivity index (χ0) is 15.5. The van der Waals surface area contributed by atoms with Crippen LogP contribution in [0.3, 0.4) is 0 Å². The summed E-state index contributed by atoms with van der Waals surface area (Å²) < 4.78 is 11.6. The van der Waals surface area contributed by atoms with Gasteiger partial charge in [0.15, 0.2) is 6.61 Å². The van der Waals surface area contributed by atoms with Gasteiger partial charge < -0.3 is 9.15 Å². The minimum Gasteiger partial charge on any atom is -0.452 e. The highest BCUT2D eigenvalue weighted by atomic mass is 127. The molecule has 2 heterocycles. The normalized spacial score (nSPS) is 10.6. The van der Waals surface area contributed by atoms with Gasteiger partial charge in [-0.2, -0.15) is 0 Å². The Kier molecular flexibility index (Phi) is 4.74. The van der Waals surface area contributed by atoms with Crippen LogP contribution in [0, 0.1) is 2.88 Å². The number of ether oxygens (including phenoxy) is 1. The predicted octanol–water partition coefficient (Wildman–Crippen LogP) is 4.41. The lowest BCUT2D eigenvalue weighted by atomic mass is 10.2. The van der Waals surface area contributed by atoms with E-state index in [9.17, 15) is 4.79 Å². The fourth-order valence-electron chi connectivity index (χ4n) is 1.65. The van der Waals surface area contributed by atoms with Crippen molar-refractivity contribution in [3.8, 4) is 11.5 Å². The molecular weight excluding hydrogens is 439 g/mol. The maximum absolute atomic E-state index is 11.8. The Labute approximate surface area is 148 Å². The number of esters is 1. The number of hydrogen-bond donors (Lipinski definition) is 0. The van der Waals surface area contributed by atoms with E-state index >= 15 is 0 Å². The number of benzene rings is 1. The van der Waals surface area contributed by atoms with E-state index in [1.165, 1.54) is 11.3 Å². The number of thiophene rings is 1. The molecule has 3 rings (SSSR count). The van der Waals surface area contributed by atoms with Gasteiger partial charge in [-0.05, 0) is 52.9 Å². The van der Waals surface area contributed by atoms with Gasteiger partial charge in [0.25, 0.3) is 5.89 Å². The number of carbonyl (C=O) groups excluding carboxylic acids is 1. The van der Waals surface area contributed by atoms with Crippen LogP contribution in [0.25, 0.3) is 11.5 Å². The SMILES string of the molecule is O=C(OCc1nnc(-c2ccc(Cl)cc2)o1)c1csc(I)c1. The molecule has 0 aliphatic rings. The maximum Gasteiger partial charge on any atom is 0.339 e. The van der Waals surface area contributed by atoms with Crippen LogP contribution in [0.1, 0.15) is 16.2 Å². The summed E-state index contributed by atoms with van der Waals surface area (Å²) in [6.07, 6.45) is 0. The first-order valence-electron chi connectivity index (χ1n) is 6.11. The Bertz CT molecular complexity index is 801. The van der Waals surface area contributed by atoms with Gasteiger partial charge >= 0.3 is 5.97 Å². The molecule has 0 fully saturated rings. The number of nitrogens with zero attached hydrogens (tertiary/aromatic N) is 2. The maximum atomic E-state index is 11.8. The van der Waals surface area contributed by atoms with Crippen molar-refractivity contribution < 1.29 is 13.9 Å². The molecule has 0 saturated carbocycles. The van der Waals surface area contributed by atoms with Gasteiger partial charge in [-0.15, -0.1) is 21.5 Å². The van der Waals surface area contributed by atoms with E-state index < -0.39 is 5.97 Å². The molecular formula is C14H8ClIN2O3S. The molecule has 112 valence electrons. The molecule has 2 aromatic heterocycles. The Balaban J connectivity index is 1.64. The first-order valence-corrected chi connectivity index (χ1v) is 8.45. The van der Waals surface area contributed by atoms with E-state index in [0.717, 1.165) is 8.45 Å². The highest BCUT2D eigenvalue weighted by molar-refractivity contribution is 14.1. The van der Waals surface area contributed by atoms with Crippen LogP contribution in [0.15, 0.2) is 40.1 Å². The molecule has 0 aliphatic heterocycles. The zero-order valence-corrected chi connectivity index (χ0v) is 14.7. The number of hydrogen-bond acceptors (Lipinski definition) is 6. The van der Waals surface area contributed by atoms with Crippen molar-refractivity contribution >= 4 is 51.5 Å². The quantitative estimate of drug-likeness (QED) is 0.439. The van der Waals surface area contributed by atoms with Crippen molar-refractivity contribution in [2.45, 2.75) is 6.61 Å². The third kappa shape index (κ3) is 3.65. The fraction of sp³-hybridized carbons (Fsp3) is 0.0714. The summed E-state index contributed by atoms with van der Waals surface area (Å²) in [6.45, 7) is -0.0636. The van der Waals surface area contributed by atoms with Gasteiger partial charge in [-0.3, -0.25) is 0 Å². The first-order chi connectivity index (χ1) is 10.6. The van der Waals surface area contributed by atoms with Crippen molar-refractivity contribution in [3.63, 3.8) is 0 Å². The van der Waals surface area contributed by atoms with E-state index in [-0.39, 0.29) is 12.5 Å². The van der Waals surface area contributed by atoms with E-state index in [0.29, 0.717) is 16.5 Å². The minimum atomic E-state index is -0.412. The van der Waals surface area contributed by atoms with Crippen molar-refractivity contribution in [2.75, 3.05) is 0 Å². The lowest BCUT2D eigenvalue weighted by Gasteiger charge is -1.99. The number of halogens is 2. The second kappa shape index (κ2) is 6.76. The highest BCUT2D eigenvalue weighted by Crippen LogP contribution is 2.21. The molecule has 0 spiro atoms. The number of rotatable bonds is 4. The second-order valence-electron chi connectivity index (χ2n) is 4.22. The van der Waals surface area contributed by atoms with Crippen molar-refractivity contribution in [2.24, 2.45) is 0 Å². The van der Waals surface area contributed by atoms with Gasteiger partial charge in [-0.1, -0.05) is 11.6 Å². The highest BCUT2D eigenvalue weighted by Gasteiger charge is 2.13. The van der Waals surface area contributed by atoms with Gasteiger partial charge in [0.2, 0.25) is 5.89 Å². The monoisotopic (exact) mass is 446 g/mol. The third-order valence-corrected chi connectivity index (χ3v) is 4.73. The first kappa shape index (κ1) is 15.4. The summed E-state index contributed by atoms with van der Waals surface area (Å²) in [5, 5.41) is 10.2. The number of carbonyl (C=O) groups is 1. The minimum absolute atomic E-state index is 0.0636. The smallest absolute Gasteiger partial charge is 0.339 e. The summed E-state index contributed by atoms with van der Waals surface area (Å²) in [5.74, 6) is 0.182. The summed E-state index contributed by atoms with van der Waals surface area (Å²) >= 11 is 9.45. The van der Waals surface area contributed by atoms with Crippen LogP contribution in [-0.4, -0.2) is 16.2 Å². The van der Waals surface area contributed by atoms with Crippen LogP contribution < -0.4 is 0 Å². The molecule has 0 saturated heterocycles. The standard InChI is InChI=1S/C14H8ClIN2O3S/c15-10-3-1-8(2-4-10)13-18-17-12(21-13)6-20-14(19)9-5-11(16)22-7-9/h1-5,7H,6H2.